The number of aromatic nitrogens is 1. The Kier molecular flexibility index (Phi) is 3.03. The molecule has 0 bridgehead atoms. The molecule has 1 atom stereocenters. The highest BCUT2D eigenvalue weighted by molar-refractivity contribution is 5.45. The van der Waals surface area contributed by atoms with Crippen LogP contribution in [0.4, 0.5) is 0 Å². The molecule has 1 aliphatic heterocycles. The van der Waals surface area contributed by atoms with Gasteiger partial charge in [-0.3, -0.25) is 0 Å². The van der Waals surface area contributed by atoms with E-state index in [1.165, 1.54) is 22.5 Å². The summed E-state index contributed by atoms with van der Waals surface area (Å²) in [7, 11) is 0. The summed E-state index contributed by atoms with van der Waals surface area (Å²) in [4.78, 5) is 0. The Morgan fingerprint density at radius 2 is 1.82 bits per heavy atom. The first-order chi connectivity index (χ1) is 10.9. The molecule has 2 N–H and O–H groups in total. The normalized spacial score (nSPS) is 16.2. The van der Waals surface area contributed by atoms with E-state index in [4.69, 9.17) is 5.26 Å². The highest BCUT2D eigenvalue weighted by atomic mass is 15.1. The highest BCUT2D eigenvalue weighted by Gasteiger charge is 2.25. The van der Waals surface area contributed by atoms with Crippen molar-refractivity contribution < 1.29 is 5.32 Å². The Morgan fingerprint density at radius 1 is 1.00 bits per heavy atom. The summed E-state index contributed by atoms with van der Waals surface area (Å²) in [6, 6.07) is 23.2. The third-order valence-corrected chi connectivity index (χ3v) is 4.32. The Labute approximate surface area is 129 Å². The van der Waals surface area contributed by atoms with Crippen LogP contribution in [0.25, 0.3) is 5.69 Å². The van der Waals surface area contributed by atoms with Crippen LogP contribution in [0.2, 0.25) is 0 Å². The number of nitriles is 1. The van der Waals surface area contributed by atoms with Gasteiger partial charge in [-0.25, -0.2) is 0 Å². The fourth-order valence-corrected chi connectivity index (χ4v) is 3.22. The van der Waals surface area contributed by atoms with Gasteiger partial charge in [-0.05, 0) is 30.3 Å². The molecule has 1 aliphatic rings. The molecule has 0 fully saturated rings. The maximum atomic E-state index is 8.96. The van der Waals surface area contributed by atoms with E-state index < -0.39 is 0 Å². The third-order valence-electron chi connectivity index (χ3n) is 4.32. The van der Waals surface area contributed by atoms with Crippen molar-refractivity contribution >= 4 is 0 Å². The standard InChI is InChI=1S/C19H15N3/c20-12-14-7-9-15(10-8-14)19-18-6-3-11-22(18)17-5-2-1-4-16(17)13-21-19/h1-11,19,21H,13H2/p+1/t19-/m0/s1. The molecule has 2 heterocycles. The number of para-hydroxylation sites is 1. The molecule has 0 radical (unpaired) electrons. The minimum atomic E-state index is 0.246. The van der Waals surface area contributed by atoms with Crippen LogP contribution in [0, 0.1) is 11.3 Å². The number of hydrogen-bond acceptors (Lipinski definition) is 1. The molecule has 0 saturated carbocycles. The lowest BCUT2D eigenvalue weighted by Gasteiger charge is -2.15. The van der Waals surface area contributed by atoms with Crippen LogP contribution in [0.5, 0.6) is 0 Å². The maximum absolute atomic E-state index is 8.96. The summed E-state index contributed by atoms with van der Waals surface area (Å²) in [5.74, 6) is 0. The number of fused-ring (bicyclic) bond motifs is 3. The van der Waals surface area contributed by atoms with Gasteiger partial charge in [0.25, 0.3) is 0 Å². The highest BCUT2D eigenvalue weighted by Crippen LogP contribution is 2.26. The van der Waals surface area contributed by atoms with E-state index in [-0.39, 0.29) is 6.04 Å². The van der Waals surface area contributed by atoms with Crippen LogP contribution >= 0.6 is 0 Å². The third kappa shape index (κ3) is 2.02. The Hall–Kier alpha value is -2.83. The molecule has 4 rings (SSSR count). The summed E-state index contributed by atoms with van der Waals surface area (Å²) >= 11 is 0. The molecule has 22 heavy (non-hydrogen) atoms. The summed E-state index contributed by atoms with van der Waals surface area (Å²) in [5, 5.41) is 11.3. The molecule has 2 aromatic carbocycles. The molecule has 3 heteroatoms. The van der Waals surface area contributed by atoms with Crippen molar-refractivity contribution in [3.05, 3.63) is 89.2 Å². The summed E-state index contributed by atoms with van der Waals surface area (Å²) in [5.41, 5.74) is 5.81. The monoisotopic (exact) mass is 286 g/mol. The summed E-state index contributed by atoms with van der Waals surface area (Å²) in [6.45, 7) is 0.947. The first kappa shape index (κ1) is 12.9. The SMILES string of the molecule is N#Cc1ccc([C@@H]2[NH2+]Cc3ccccc3-n3cccc32)cc1. The predicted octanol–water partition coefficient (Wildman–Crippen LogP) is 2.52. The maximum Gasteiger partial charge on any atom is 0.153 e. The number of benzene rings is 2. The second kappa shape index (κ2) is 5.18. The van der Waals surface area contributed by atoms with Crippen LogP contribution < -0.4 is 5.32 Å². The zero-order valence-corrected chi connectivity index (χ0v) is 12.1. The second-order valence-corrected chi connectivity index (χ2v) is 5.58. The van der Waals surface area contributed by atoms with Crippen LogP contribution in [-0.2, 0) is 6.54 Å². The van der Waals surface area contributed by atoms with Crippen LogP contribution in [-0.4, -0.2) is 4.57 Å². The van der Waals surface area contributed by atoms with E-state index in [1.54, 1.807) is 0 Å². The first-order valence-corrected chi connectivity index (χ1v) is 7.46. The number of nitrogens with two attached hydrogens (primary N) is 1. The van der Waals surface area contributed by atoms with Gasteiger partial charge in [-0.15, -0.1) is 0 Å². The zero-order chi connectivity index (χ0) is 14.9. The van der Waals surface area contributed by atoms with Crippen molar-refractivity contribution in [3.8, 4) is 11.8 Å². The van der Waals surface area contributed by atoms with Crippen molar-refractivity contribution in [2.24, 2.45) is 0 Å². The average molecular weight is 286 g/mol. The second-order valence-electron chi connectivity index (χ2n) is 5.58. The minimum Gasteiger partial charge on any atom is -0.331 e. The van der Waals surface area contributed by atoms with Crippen molar-refractivity contribution in [2.45, 2.75) is 12.6 Å². The number of quaternary nitrogens is 1. The van der Waals surface area contributed by atoms with Gasteiger partial charge in [0.2, 0.25) is 0 Å². The largest absolute Gasteiger partial charge is 0.331 e. The predicted molar refractivity (Wildman–Crippen MR) is 84.4 cm³/mol. The molecule has 3 nitrogen and oxygen atoms in total. The minimum absolute atomic E-state index is 0.246. The molecule has 3 aromatic rings. The van der Waals surface area contributed by atoms with Gasteiger partial charge in [-0.2, -0.15) is 5.26 Å². The molecular formula is C19H16N3+. The van der Waals surface area contributed by atoms with Crippen molar-refractivity contribution in [1.29, 1.82) is 5.26 Å². The number of rotatable bonds is 1. The fourth-order valence-electron chi connectivity index (χ4n) is 3.22. The van der Waals surface area contributed by atoms with Gasteiger partial charge in [0.15, 0.2) is 6.04 Å². The number of nitrogens with zero attached hydrogens (tertiary/aromatic N) is 2. The van der Waals surface area contributed by atoms with Gasteiger partial charge >= 0.3 is 0 Å². The lowest BCUT2D eigenvalue weighted by atomic mass is 10.0. The summed E-state index contributed by atoms with van der Waals surface area (Å²) in [6.07, 6.45) is 2.13. The quantitative estimate of drug-likeness (QED) is 0.734. The topological polar surface area (TPSA) is 45.3 Å². The van der Waals surface area contributed by atoms with E-state index in [9.17, 15) is 0 Å². The molecule has 0 unspecified atom stereocenters. The van der Waals surface area contributed by atoms with Gasteiger partial charge < -0.3 is 9.88 Å². The van der Waals surface area contributed by atoms with Crippen LogP contribution in [0.1, 0.15) is 28.4 Å². The zero-order valence-electron chi connectivity index (χ0n) is 12.1. The van der Waals surface area contributed by atoms with E-state index in [1.807, 2.05) is 12.1 Å². The average Bonchev–Trinajstić information content (AvgIpc) is 3.00. The molecule has 1 aromatic heterocycles. The van der Waals surface area contributed by atoms with Gasteiger partial charge in [0.05, 0.1) is 23.0 Å². The summed E-state index contributed by atoms with van der Waals surface area (Å²) < 4.78 is 2.28. The van der Waals surface area contributed by atoms with Crippen molar-refractivity contribution in [3.63, 3.8) is 0 Å². The van der Waals surface area contributed by atoms with E-state index in [0.29, 0.717) is 5.56 Å². The van der Waals surface area contributed by atoms with Gasteiger partial charge in [0, 0.05) is 17.3 Å². The molecular weight excluding hydrogens is 270 g/mol. The molecule has 0 amide bonds. The van der Waals surface area contributed by atoms with E-state index in [2.05, 4.69) is 70.7 Å². The molecule has 106 valence electrons. The number of hydrogen-bond donors (Lipinski definition) is 1. The van der Waals surface area contributed by atoms with Gasteiger partial charge in [-0.1, -0.05) is 30.3 Å². The molecule has 0 saturated heterocycles. The Bertz CT molecular complexity index is 853. The van der Waals surface area contributed by atoms with E-state index >= 15 is 0 Å². The van der Waals surface area contributed by atoms with Crippen LogP contribution in [0.3, 0.4) is 0 Å². The molecule has 0 aliphatic carbocycles. The fraction of sp³-hybridized carbons (Fsp3) is 0.105. The van der Waals surface area contributed by atoms with Crippen LogP contribution in [0.15, 0.2) is 66.9 Å². The van der Waals surface area contributed by atoms with Crippen molar-refractivity contribution in [1.82, 2.24) is 4.57 Å². The first-order valence-electron chi connectivity index (χ1n) is 7.46. The lowest BCUT2D eigenvalue weighted by molar-refractivity contribution is -0.702. The van der Waals surface area contributed by atoms with E-state index in [0.717, 1.165) is 6.54 Å². The Morgan fingerprint density at radius 3 is 2.64 bits per heavy atom. The Balaban J connectivity index is 1.82. The molecule has 0 spiro atoms. The van der Waals surface area contributed by atoms with Crippen molar-refractivity contribution in [2.75, 3.05) is 0 Å². The van der Waals surface area contributed by atoms with Gasteiger partial charge in [0.1, 0.15) is 6.54 Å². The lowest BCUT2D eigenvalue weighted by Crippen LogP contribution is -2.83. The smallest absolute Gasteiger partial charge is 0.153 e.